The average molecular weight is 411 g/mol. The predicted octanol–water partition coefficient (Wildman–Crippen LogP) is 4.47. The first-order chi connectivity index (χ1) is 13.8. The molecule has 0 N–H and O–H groups in total. The molecule has 146 valence electrons. The van der Waals surface area contributed by atoms with Gasteiger partial charge in [-0.25, -0.2) is 9.97 Å². The normalized spacial score (nSPS) is 18.5. The van der Waals surface area contributed by atoms with Crippen molar-refractivity contribution < 1.29 is 0 Å². The van der Waals surface area contributed by atoms with E-state index in [4.69, 9.17) is 9.97 Å². The lowest BCUT2D eigenvalue weighted by Gasteiger charge is -2.31. The van der Waals surface area contributed by atoms with E-state index in [-0.39, 0.29) is 0 Å². The molecule has 0 radical (unpaired) electrons. The second-order valence-corrected chi connectivity index (χ2v) is 9.98. The molecule has 0 amide bonds. The van der Waals surface area contributed by atoms with Crippen molar-refractivity contribution >= 4 is 33.3 Å². The molecule has 0 bridgehead atoms. The Kier molecular flexibility index (Phi) is 5.37. The molecule has 5 rings (SSSR count). The van der Waals surface area contributed by atoms with Gasteiger partial charge in [-0.15, -0.1) is 11.3 Å². The van der Waals surface area contributed by atoms with Crippen molar-refractivity contribution in [2.45, 2.75) is 42.1 Å². The fraction of sp³-hybridized carbons (Fsp3) is 0.455. The number of fused-ring (bicyclic) bond motifs is 3. The molecular weight excluding hydrogens is 384 g/mol. The number of aryl methyl sites for hydroxylation is 2. The van der Waals surface area contributed by atoms with Crippen LogP contribution in [0.5, 0.6) is 0 Å². The zero-order chi connectivity index (χ0) is 18.9. The zero-order valence-corrected chi connectivity index (χ0v) is 18.0. The van der Waals surface area contributed by atoms with Gasteiger partial charge in [-0.05, 0) is 50.4 Å². The smallest absolute Gasteiger partial charge is 0.145 e. The topological polar surface area (TPSA) is 32.3 Å². The van der Waals surface area contributed by atoms with Crippen LogP contribution < -0.4 is 0 Å². The van der Waals surface area contributed by atoms with Crippen molar-refractivity contribution in [1.82, 2.24) is 19.8 Å². The van der Waals surface area contributed by atoms with Crippen LogP contribution in [0.25, 0.3) is 10.2 Å². The van der Waals surface area contributed by atoms with E-state index >= 15 is 0 Å². The van der Waals surface area contributed by atoms with Gasteiger partial charge in [0.25, 0.3) is 0 Å². The maximum atomic E-state index is 5.09. The van der Waals surface area contributed by atoms with Crippen molar-refractivity contribution in [2.24, 2.45) is 0 Å². The summed E-state index contributed by atoms with van der Waals surface area (Å²) in [7, 11) is 2.20. The highest BCUT2D eigenvalue weighted by atomic mass is 32.2. The SMILES string of the molecule is CN1CCN(Cc2nc(Sc3ccccc3)c3c4c(sc3n2)CCCC4)CC1. The van der Waals surface area contributed by atoms with Crippen LogP contribution >= 0.6 is 23.1 Å². The molecule has 3 aromatic rings. The number of aromatic nitrogens is 2. The lowest BCUT2D eigenvalue weighted by Crippen LogP contribution is -2.44. The van der Waals surface area contributed by atoms with E-state index in [2.05, 4.69) is 47.2 Å². The predicted molar refractivity (Wildman–Crippen MR) is 117 cm³/mol. The minimum Gasteiger partial charge on any atom is -0.304 e. The average Bonchev–Trinajstić information content (AvgIpc) is 3.09. The Labute approximate surface area is 175 Å². The first-order valence-electron chi connectivity index (χ1n) is 10.2. The van der Waals surface area contributed by atoms with E-state index in [9.17, 15) is 0 Å². The number of piperazine rings is 1. The second kappa shape index (κ2) is 8.11. The monoisotopic (exact) mass is 410 g/mol. The Bertz CT molecular complexity index is 962. The molecule has 1 aliphatic heterocycles. The molecular formula is C22H26N4S2. The summed E-state index contributed by atoms with van der Waals surface area (Å²) in [6, 6.07) is 10.6. The van der Waals surface area contributed by atoms with E-state index in [1.165, 1.54) is 46.4 Å². The maximum absolute atomic E-state index is 5.09. The molecule has 1 fully saturated rings. The van der Waals surface area contributed by atoms with Crippen LogP contribution in [-0.2, 0) is 19.4 Å². The minimum atomic E-state index is 0.856. The summed E-state index contributed by atoms with van der Waals surface area (Å²) >= 11 is 3.71. The molecule has 0 saturated carbocycles. The third-order valence-electron chi connectivity index (χ3n) is 5.75. The Morgan fingerprint density at radius 1 is 1.00 bits per heavy atom. The largest absolute Gasteiger partial charge is 0.304 e. The minimum absolute atomic E-state index is 0.856. The van der Waals surface area contributed by atoms with E-state index in [1.807, 2.05) is 11.3 Å². The highest BCUT2D eigenvalue weighted by molar-refractivity contribution is 7.99. The van der Waals surface area contributed by atoms with Gasteiger partial charge in [0.15, 0.2) is 0 Å². The summed E-state index contributed by atoms with van der Waals surface area (Å²) in [4.78, 5) is 19.0. The number of hydrogen-bond donors (Lipinski definition) is 0. The zero-order valence-electron chi connectivity index (χ0n) is 16.4. The highest BCUT2D eigenvalue weighted by Crippen LogP contribution is 2.41. The maximum Gasteiger partial charge on any atom is 0.145 e. The van der Waals surface area contributed by atoms with Gasteiger partial charge in [-0.2, -0.15) is 0 Å². The van der Waals surface area contributed by atoms with E-state index in [0.717, 1.165) is 43.6 Å². The van der Waals surface area contributed by atoms with Gasteiger partial charge >= 0.3 is 0 Å². The molecule has 3 heterocycles. The standard InChI is InChI=1S/C22H26N4S2/c1-25-11-13-26(14-12-25)15-19-23-21(27-16-7-3-2-4-8-16)20-17-9-5-6-10-18(17)28-22(20)24-19/h2-4,7-8H,5-6,9-15H2,1H3. The van der Waals surface area contributed by atoms with E-state index in [1.54, 1.807) is 16.6 Å². The molecule has 0 atom stereocenters. The second-order valence-electron chi connectivity index (χ2n) is 7.83. The van der Waals surface area contributed by atoms with Crippen LogP contribution in [-0.4, -0.2) is 53.0 Å². The van der Waals surface area contributed by atoms with Gasteiger partial charge in [0.05, 0.1) is 6.54 Å². The fourth-order valence-electron chi connectivity index (χ4n) is 4.12. The number of nitrogens with zero attached hydrogens (tertiary/aromatic N) is 4. The third kappa shape index (κ3) is 3.83. The van der Waals surface area contributed by atoms with Crippen molar-refractivity contribution in [3.8, 4) is 0 Å². The van der Waals surface area contributed by atoms with Gasteiger partial charge in [0.1, 0.15) is 15.7 Å². The lowest BCUT2D eigenvalue weighted by molar-refractivity contribution is 0.145. The van der Waals surface area contributed by atoms with Crippen LogP contribution in [0.15, 0.2) is 40.3 Å². The van der Waals surface area contributed by atoms with Gasteiger partial charge in [0.2, 0.25) is 0 Å². The van der Waals surface area contributed by atoms with Crippen molar-refractivity contribution in [2.75, 3.05) is 33.2 Å². The van der Waals surface area contributed by atoms with Gasteiger partial charge < -0.3 is 4.90 Å². The Hall–Kier alpha value is -1.47. The lowest BCUT2D eigenvalue weighted by atomic mass is 9.97. The summed E-state index contributed by atoms with van der Waals surface area (Å²) < 4.78 is 0. The summed E-state index contributed by atoms with van der Waals surface area (Å²) in [5.41, 5.74) is 1.52. The molecule has 2 aromatic heterocycles. The molecule has 0 spiro atoms. The molecule has 2 aliphatic rings. The highest BCUT2D eigenvalue weighted by Gasteiger charge is 2.23. The van der Waals surface area contributed by atoms with E-state index < -0.39 is 0 Å². The van der Waals surface area contributed by atoms with Gasteiger partial charge in [0, 0.05) is 41.3 Å². The van der Waals surface area contributed by atoms with Gasteiger partial charge in [-0.3, -0.25) is 4.90 Å². The molecule has 4 nitrogen and oxygen atoms in total. The molecule has 1 aromatic carbocycles. The summed E-state index contributed by atoms with van der Waals surface area (Å²) in [6.45, 7) is 5.30. The molecule has 28 heavy (non-hydrogen) atoms. The van der Waals surface area contributed by atoms with Crippen LogP contribution in [0.2, 0.25) is 0 Å². The first kappa shape index (κ1) is 18.6. The number of benzene rings is 1. The van der Waals surface area contributed by atoms with Crippen LogP contribution in [0.1, 0.15) is 29.1 Å². The quantitative estimate of drug-likeness (QED) is 0.593. The van der Waals surface area contributed by atoms with Crippen LogP contribution in [0, 0.1) is 0 Å². The van der Waals surface area contributed by atoms with Crippen molar-refractivity contribution in [3.63, 3.8) is 0 Å². The molecule has 1 saturated heterocycles. The summed E-state index contributed by atoms with van der Waals surface area (Å²) in [6.07, 6.45) is 4.98. The summed E-state index contributed by atoms with van der Waals surface area (Å²) in [5.74, 6) is 0.981. The molecule has 0 unspecified atom stereocenters. The molecule has 6 heteroatoms. The Balaban J connectivity index is 1.52. The third-order valence-corrected chi connectivity index (χ3v) is 7.93. The number of thiophene rings is 1. The number of hydrogen-bond acceptors (Lipinski definition) is 6. The van der Waals surface area contributed by atoms with Crippen LogP contribution in [0.3, 0.4) is 0 Å². The fourth-order valence-corrected chi connectivity index (χ4v) is 6.45. The summed E-state index contributed by atoms with van der Waals surface area (Å²) in [5, 5.41) is 2.48. The van der Waals surface area contributed by atoms with Crippen molar-refractivity contribution in [1.29, 1.82) is 0 Å². The first-order valence-corrected chi connectivity index (χ1v) is 11.8. The van der Waals surface area contributed by atoms with Crippen molar-refractivity contribution in [3.05, 3.63) is 46.6 Å². The number of rotatable bonds is 4. The number of likely N-dealkylation sites (N-methyl/N-ethyl adjacent to an activating group) is 1. The van der Waals surface area contributed by atoms with Crippen LogP contribution in [0.4, 0.5) is 0 Å². The van der Waals surface area contributed by atoms with E-state index in [0.29, 0.717) is 0 Å². The molecule has 1 aliphatic carbocycles. The Morgan fingerprint density at radius 2 is 1.79 bits per heavy atom. The van der Waals surface area contributed by atoms with Gasteiger partial charge in [-0.1, -0.05) is 30.0 Å². The Morgan fingerprint density at radius 3 is 2.61 bits per heavy atom.